The fourth-order valence-corrected chi connectivity index (χ4v) is 3.09. The Bertz CT molecular complexity index is 564. The molecule has 5 nitrogen and oxygen atoms in total. The van der Waals surface area contributed by atoms with Gasteiger partial charge in [0.25, 0.3) is 0 Å². The average molecular weight is 293 g/mol. The summed E-state index contributed by atoms with van der Waals surface area (Å²) >= 11 is 0. The van der Waals surface area contributed by atoms with Crippen molar-refractivity contribution in [3.05, 3.63) is 30.1 Å². The van der Waals surface area contributed by atoms with Crippen LogP contribution in [0, 0.1) is 11.7 Å². The van der Waals surface area contributed by atoms with Crippen LogP contribution >= 0.6 is 0 Å². The second-order valence-corrected chi connectivity index (χ2v) is 5.73. The van der Waals surface area contributed by atoms with Crippen LogP contribution in [0.15, 0.2) is 24.3 Å². The molecule has 1 amide bonds. The van der Waals surface area contributed by atoms with Crippen LogP contribution in [0.25, 0.3) is 0 Å². The van der Waals surface area contributed by atoms with Crippen molar-refractivity contribution in [1.29, 1.82) is 0 Å². The number of anilines is 1. The summed E-state index contributed by atoms with van der Waals surface area (Å²) in [5.41, 5.74) is -0.00383. The lowest BCUT2D eigenvalue weighted by Crippen LogP contribution is -2.40. The fraction of sp³-hybridized carbons (Fsp3) is 0.467. The summed E-state index contributed by atoms with van der Waals surface area (Å²) < 4.78 is 18.5. The van der Waals surface area contributed by atoms with Crippen molar-refractivity contribution in [2.24, 2.45) is 5.92 Å². The summed E-state index contributed by atoms with van der Waals surface area (Å²) in [5, 5.41) is 9.02. The molecular formula is C15H16FNO4. The maximum atomic E-state index is 12.9. The van der Waals surface area contributed by atoms with Crippen LogP contribution in [0.1, 0.15) is 25.7 Å². The number of ether oxygens (including phenoxy) is 1. The third-order valence-electron chi connectivity index (χ3n) is 4.35. The van der Waals surface area contributed by atoms with E-state index in [4.69, 9.17) is 9.84 Å². The Morgan fingerprint density at radius 2 is 1.90 bits per heavy atom. The van der Waals surface area contributed by atoms with Crippen LogP contribution in [0.5, 0.6) is 0 Å². The van der Waals surface area contributed by atoms with E-state index in [2.05, 4.69) is 0 Å². The summed E-state index contributed by atoms with van der Waals surface area (Å²) in [4.78, 5) is 24.5. The molecular weight excluding hydrogens is 277 g/mol. The SMILES string of the molecule is O=C(O)C1CCC2(CC1)CN(c1ccc(F)cc1)C(=O)O2. The van der Waals surface area contributed by atoms with E-state index >= 15 is 0 Å². The Morgan fingerprint density at radius 3 is 2.48 bits per heavy atom. The van der Waals surface area contributed by atoms with Gasteiger partial charge in [0.1, 0.15) is 11.4 Å². The van der Waals surface area contributed by atoms with E-state index in [0.29, 0.717) is 37.9 Å². The Morgan fingerprint density at radius 1 is 1.29 bits per heavy atom. The Kier molecular flexibility index (Phi) is 3.31. The number of benzene rings is 1. The normalized spacial score (nSPS) is 28.7. The molecule has 0 atom stereocenters. The van der Waals surface area contributed by atoms with Crippen molar-refractivity contribution in [2.75, 3.05) is 11.4 Å². The number of aliphatic carboxylic acids is 1. The van der Waals surface area contributed by atoms with Gasteiger partial charge >= 0.3 is 12.1 Å². The Hall–Kier alpha value is -2.11. The molecule has 0 radical (unpaired) electrons. The minimum absolute atomic E-state index is 0.353. The van der Waals surface area contributed by atoms with Crippen LogP contribution < -0.4 is 4.90 Å². The molecule has 1 aliphatic heterocycles. The highest BCUT2D eigenvalue weighted by molar-refractivity contribution is 5.90. The minimum Gasteiger partial charge on any atom is -0.481 e. The van der Waals surface area contributed by atoms with Crippen LogP contribution in [0.4, 0.5) is 14.9 Å². The molecule has 1 heterocycles. The number of nitrogens with zero attached hydrogens (tertiary/aromatic N) is 1. The van der Waals surface area contributed by atoms with E-state index in [1.807, 2.05) is 0 Å². The lowest BCUT2D eigenvalue weighted by atomic mass is 9.79. The van der Waals surface area contributed by atoms with Crippen LogP contribution in [0.3, 0.4) is 0 Å². The van der Waals surface area contributed by atoms with Crippen molar-refractivity contribution >= 4 is 17.7 Å². The summed E-state index contributed by atoms with van der Waals surface area (Å²) in [6.07, 6.45) is 1.68. The van der Waals surface area contributed by atoms with E-state index in [1.54, 1.807) is 12.1 Å². The van der Waals surface area contributed by atoms with Crippen LogP contribution in [-0.4, -0.2) is 29.3 Å². The summed E-state index contributed by atoms with van der Waals surface area (Å²) in [6, 6.07) is 5.68. The quantitative estimate of drug-likeness (QED) is 0.910. The van der Waals surface area contributed by atoms with Crippen molar-refractivity contribution in [3.63, 3.8) is 0 Å². The molecule has 21 heavy (non-hydrogen) atoms. The van der Waals surface area contributed by atoms with E-state index < -0.39 is 17.7 Å². The maximum absolute atomic E-state index is 12.9. The first kappa shape index (κ1) is 13.9. The molecule has 1 saturated carbocycles. The number of carboxylic acid groups (broad SMARTS) is 1. The third kappa shape index (κ3) is 2.57. The maximum Gasteiger partial charge on any atom is 0.415 e. The predicted molar refractivity (Wildman–Crippen MR) is 72.6 cm³/mol. The van der Waals surface area contributed by atoms with Gasteiger partial charge in [0.2, 0.25) is 0 Å². The van der Waals surface area contributed by atoms with Gasteiger partial charge in [-0.15, -0.1) is 0 Å². The monoisotopic (exact) mass is 293 g/mol. The molecule has 2 fully saturated rings. The molecule has 112 valence electrons. The van der Waals surface area contributed by atoms with Gasteiger partial charge in [-0.05, 0) is 49.9 Å². The molecule has 1 N–H and O–H groups in total. The second-order valence-electron chi connectivity index (χ2n) is 5.73. The molecule has 1 spiro atoms. The van der Waals surface area contributed by atoms with E-state index in [9.17, 15) is 14.0 Å². The number of carbonyl (C=O) groups excluding carboxylic acids is 1. The van der Waals surface area contributed by atoms with E-state index in [1.165, 1.54) is 17.0 Å². The molecule has 0 aromatic heterocycles. The van der Waals surface area contributed by atoms with Crippen LogP contribution in [-0.2, 0) is 9.53 Å². The molecule has 1 saturated heterocycles. The Balaban J connectivity index is 1.73. The number of carbonyl (C=O) groups is 2. The van der Waals surface area contributed by atoms with Gasteiger partial charge in [-0.1, -0.05) is 0 Å². The van der Waals surface area contributed by atoms with Crippen molar-refractivity contribution < 1.29 is 23.8 Å². The molecule has 3 rings (SSSR count). The highest BCUT2D eigenvalue weighted by Crippen LogP contribution is 2.40. The lowest BCUT2D eigenvalue weighted by Gasteiger charge is -2.33. The molecule has 1 aromatic carbocycles. The predicted octanol–water partition coefficient (Wildman–Crippen LogP) is 2.80. The average Bonchev–Trinajstić information content (AvgIpc) is 2.77. The van der Waals surface area contributed by atoms with Gasteiger partial charge in [0.05, 0.1) is 12.5 Å². The third-order valence-corrected chi connectivity index (χ3v) is 4.35. The summed E-state index contributed by atoms with van der Waals surface area (Å²) in [6.45, 7) is 0.393. The van der Waals surface area contributed by atoms with Gasteiger partial charge in [-0.3, -0.25) is 9.69 Å². The lowest BCUT2D eigenvalue weighted by molar-refractivity contribution is -0.144. The second kappa shape index (κ2) is 5.02. The molecule has 2 aliphatic rings. The summed E-state index contributed by atoms with van der Waals surface area (Å²) in [5.74, 6) is -1.50. The number of halogens is 1. The molecule has 0 unspecified atom stereocenters. The standard InChI is InChI=1S/C15H16FNO4/c16-11-1-3-12(4-2-11)17-9-15(21-14(17)20)7-5-10(6-8-15)13(18)19/h1-4,10H,5-9H2,(H,18,19). The topological polar surface area (TPSA) is 66.8 Å². The first-order valence-corrected chi connectivity index (χ1v) is 6.98. The van der Waals surface area contributed by atoms with Gasteiger partial charge in [-0.25, -0.2) is 9.18 Å². The van der Waals surface area contributed by atoms with Gasteiger partial charge in [0, 0.05) is 5.69 Å². The highest BCUT2D eigenvalue weighted by Gasteiger charge is 2.48. The zero-order valence-electron chi connectivity index (χ0n) is 11.4. The molecule has 6 heteroatoms. The minimum atomic E-state index is -0.787. The van der Waals surface area contributed by atoms with Gasteiger partial charge < -0.3 is 9.84 Å². The molecule has 0 bridgehead atoms. The van der Waals surface area contributed by atoms with Gasteiger partial charge in [0.15, 0.2) is 0 Å². The van der Waals surface area contributed by atoms with Crippen molar-refractivity contribution in [3.8, 4) is 0 Å². The fourth-order valence-electron chi connectivity index (χ4n) is 3.09. The Labute approximate surface area is 121 Å². The van der Waals surface area contributed by atoms with E-state index in [0.717, 1.165) is 0 Å². The first-order chi connectivity index (χ1) is 9.99. The number of rotatable bonds is 2. The molecule has 1 aromatic rings. The highest BCUT2D eigenvalue weighted by atomic mass is 19.1. The number of hydrogen-bond donors (Lipinski definition) is 1. The summed E-state index contributed by atoms with van der Waals surface area (Å²) in [7, 11) is 0. The number of amides is 1. The number of carboxylic acids is 1. The smallest absolute Gasteiger partial charge is 0.415 e. The zero-order valence-corrected chi connectivity index (χ0v) is 11.4. The van der Waals surface area contributed by atoms with E-state index in [-0.39, 0.29) is 11.7 Å². The first-order valence-electron chi connectivity index (χ1n) is 6.98. The van der Waals surface area contributed by atoms with Crippen molar-refractivity contribution in [1.82, 2.24) is 0 Å². The number of hydrogen-bond acceptors (Lipinski definition) is 3. The zero-order chi connectivity index (χ0) is 15.0. The van der Waals surface area contributed by atoms with Crippen LogP contribution in [0.2, 0.25) is 0 Å². The van der Waals surface area contributed by atoms with Crippen molar-refractivity contribution in [2.45, 2.75) is 31.3 Å². The van der Waals surface area contributed by atoms with Gasteiger partial charge in [-0.2, -0.15) is 0 Å². The largest absolute Gasteiger partial charge is 0.481 e. The molecule has 1 aliphatic carbocycles.